The molecule has 1 rings (SSSR count). The van der Waals surface area contributed by atoms with Gasteiger partial charge in [-0.15, -0.1) is 0 Å². The van der Waals surface area contributed by atoms with Crippen LogP contribution in [0.25, 0.3) is 0 Å². The van der Waals surface area contributed by atoms with Crippen molar-refractivity contribution in [3.8, 4) is 0 Å². The van der Waals surface area contributed by atoms with Crippen LogP contribution in [0, 0.1) is 6.92 Å². The van der Waals surface area contributed by atoms with Crippen LogP contribution in [0.2, 0.25) is 0 Å². The molecule has 0 aromatic carbocycles. The van der Waals surface area contributed by atoms with E-state index >= 15 is 0 Å². The zero-order chi connectivity index (χ0) is 10.8. The highest BCUT2D eigenvalue weighted by molar-refractivity contribution is 4.93. The lowest BCUT2D eigenvalue weighted by Crippen LogP contribution is -2.38. The third-order valence-electron chi connectivity index (χ3n) is 1.86. The SMILES string of the molecule is CCC(NC(C)(C)C)c1nc(C)no1. The summed E-state index contributed by atoms with van der Waals surface area (Å²) in [4.78, 5) is 4.23. The maximum atomic E-state index is 5.14. The van der Waals surface area contributed by atoms with Crippen LogP contribution in [0.1, 0.15) is 51.9 Å². The summed E-state index contributed by atoms with van der Waals surface area (Å²) in [5.74, 6) is 1.37. The highest BCUT2D eigenvalue weighted by Gasteiger charge is 2.21. The molecular weight excluding hydrogens is 178 g/mol. The van der Waals surface area contributed by atoms with Crippen LogP contribution in [-0.4, -0.2) is 15.7 Å². The third-order valence-corrected chi connectivity index (χ3v) is 1.86. The minimum Gasteiger partial charge on any atom is -0.338 e. The van der Waals surface area contributed by atoms with Crippen molar-refractivity contribution in [2.75, 3.05) is 0 Å². The van der Waals surface area contributed by atoms with Crippen LogP contribution in [0.4, 0.5) is 0 Å². The molecule has 14 heavy (non-hydrogen) atoms. The third kappa shape index (κ3) is 3.10. The minimum absolute atomic E-state index is 0.0586. The van der Waals surface area contributed by atoms with E-state index in [0.717, 1.165) is 6.42 Å². The van der Waals surface area contributed by atoms with Gasteiger partial charge in [-0.1, -0.05) is 12.1 Å². The lowest BCUT2D eigenvalue weighted by molar-refractivity contribution is 0.280. The Bertz CT molecular complexity index is 288. The van der Waals surface area contributed by atoms with Gasteiger partial charge in [-0.25, -0.2) is 0 Å². The lowest BCUT2D eigenvalue weighted by atomic mass is 10.1. The summed E-state index contributed by atoms with van der Waals surface area (Å²) in [5, 5.41) is 7.23. The summed E-state index contributed by atoms with van der Waals surface area (Å²) >= 11 is 0. The van der Waals surface area contributed by atoms with Gasteiger partial charge < -0.3 is 9.84 Å². The first-order valence-corrected chi connectivity index (χ1v) is 5.00. The number of aryl methyl sites for hydroxylation is 1. The summed E-state index contributed by atoms with van der Waals surface area (Å²) in [5.41, 5.74) is 0.0586. The molecule has 0 aliphatic rings. The standard InChI is InChI=1S/C10H19N3O/c1-6-8(12-10(3,4)5)9-11-7(2)13-14-9/h8,12H,6H2,1-5H3. The van der Waals surface area contributed by atoms with E-state index in [1.807, 2.05) is 6.92 Å². The summed E-state index contributed by atoms with van der Waals surface area (Å²) in [6, 6.07) is 0.149. The molecular formula is C10H19N3O. The Hall–Kier alpha value is -0.900. The number of nitrogens with one attached hydrogen (secondary N) is 1. The van der Waals surface area contributed by atoms with Gasteiger partial charge in [0.05, 0.1) is 6.04 Å². The molecule has 80 valence electrons. The molecule has 1 aromatic rings. The lowest BCUT2D eigenvalue weighted by Gasteiger charge is -2.25. The molecule has 0 radical (unpaired) electrons. The van der Waals surface area contributed by atoms with Crippen molar-refractivity contribution in [1.29, 1.82) is 0 Å². The van der Waals surface area contributed by atoms with Crippen LogP contribution >= 0.6 is 0 Å². The van der Waals surface area contributed by atoms with Crippen LogP contribution in [0.3, 0.4) is 0 Å². The van der Waals surface area contributed by atoms with Crippen LogP contribution in [-0.2, 0) is 0 Å². The maximum absolute atomic E-state index is 5.14. The Morgan fingerprint density at radius 2 is 2.07 bits per heavy atom. The van der Waals surface area contributed by atoms with Crippen molar-refractivity contribution in [3.05, 3.63) is 11.7 Å². The molecule has 0 aliphatic heterocycles. The van der Waals surface area contributed by atoms with Gasteiger partial charge in [-0.05, 0) is 34.1 Å². The average Bonchev–Trinajstić information content (AvgIpc) is 2.46. The highest BCUT2D eigenvalue weighted by atomic mass is 16.5. The second kappa shape index (κ2) is 4.09. The molecule has 0 spiro atoms. The van der Waals surface area contributed by atoms with E-state index < -0.39 is 0 Å². The molecule has 1 unspecified atom stereocenters. The Morgan fingerprint density at radius 1 is 1.43 bits per heavy atom. The quantitative estimate of drug-likeness (QED) is 0.807. The van der Waals surface area contributed by atoms with Crippen molar-refractivity contribution < 1.29 is 4.52 Å². The molecule has 0 saturated carbocycles. The molecule has 1 atom stereocenters. The molecule has 0 aliphatic carbocycles. The van der Waals surface area contributed by atoms with Gasteiger partial charge in [0.15, 0.2) is 5.82 Å². The van der Waals surface area contributed by atoms with E-state index in [-0.39, 0.29) is 11.6 Å². The van der Waals surface area contributed by atoms with Gasteiger partial charge in [-0.3, -0.25) is 0 Å². The van der Waals surface area contributed by atoms with E-state index in [9.17, 15) is 0 Å². The molecule has 1 N–H and O–H groups in total. The molecule has 1 aromatic heterocycles. The van der Waals surface area contributed by atoms with Crippen LogP contribution in [0.5, 0.6) is 0 Å². The normalized spacial score (nSPS) is 14.4. The van der Waals surface area contributed by atoms with Gasteiger partial charge in [0, 0.05) is 5.54 Å². The minimum atomic E-state index is 0.0586. The fourth-order valence-corrected chi connectivity index (χ4v) is 1.32. The van der Waals surface area contributed by atoms with Gasteiger partial charge in [-0.2, -0.15) is 4.98 Å². The molecule has 4 heteroatoms. The van der Waals surface area contributed by atoms with Gasteiger partial charge in [0.25, 0.3) is 0 Å². The smallest absolute Gasteiger partial charge is 0.243 e. The average molecular weight is 197 g/mol. The topological polar surface area (TPSA) is 51.0 Å². The van der Waals surface area contributed by atoms with Crippen LogP contribution in [0.15, 0.2) is 4.52 Å². The van der Waals surface area contributed by atoms with Crippen molar-refractivity contribution >= 4 is 0 Å². The zero-order valence-corrected chi connectivity index (χ0v) is 9.59. The molecule has 1 heterocycles. The van der Waals surface area contributed by atoms with Crippen molar-refractivity contribution in [3.63, 3.8) is 0 Å². The highest BCUT2D eigenvalue weighted by Crippen LogP contribution is 2.17. The van der Waals surface area contributed by atoms with Crippen LogP contribution < -0.4 is 5.32 Å². The zero-order valence-electron chi connectivity index (χ0n) is 9.59. The van der Waals surface area contributed by atoms with Crippen molar-refractivity contribution in [2.45, 2.75) is 52.6 Å². The van der Waals surface area contributed by atoms with Gasteiger partial charge in [0.2, 0.25) is 5.89 Å². The fraction of sp³-hybridized carbons (Fsp3) is 0.800. The molecule has 0 fully saturated rings. The predicted molar refractivity (Wildman–Crippen MR) is 55.0 cm³/mol. The second-order valence-corrected chi connectivity index (χ2v) is 4.54. The maximum Gasteiger partial charge on any atom is 0.243 e. The number of hydrogen-bond donors (Lipinski definition) is 1. The van der Waals surface area contributed by atoms with E-state index in [2.05, 4.69) is 43.2 Å². The van der Waals surface area contributed by atoms with Crippen molar-refractivity contribution in [1.82, 2.24) is 15.5 Å². The molecule has 0 saturated heterocycles. The Balaban J connectivity index is 2.72. The molecule has 0 bridgehead atoms. The Morgan fingerprint density at radius 3 is 2.43 bits per heavy atom. The summed E-state index contributed by atoms with van der Waals surface area (Å²) in [6.45, 7) is 10.3. The number of nitrogens with zero attached hydrogens (tertiary/aromatic N) is 2. The first kappa shape index (κ1) is 11.2. The summed E-state index contributed by atoms with van der Waals surface area (Å²) in [6.07, 6.45) is 0.943. The fourth-order valence-electron chi connectivity index (χ4n) is 1.32. The number of hydrogen-bond acceptors (Lipinski definition) is 4. The summed E-state index contributed by atoms with van der Waals surface area (Å²) < 4.78 is 5.14. The van der Waals surface area contributed by atoms with E-state index in [0.29, 0.717) is 11.7 Å². The largest absolute Gasteiger partial charge is 0.338 e. The Labute approximate surface area is 85.1 Å². The van der Waals surface area contributed by atoms with E-state index in [4.69, 9.17) is 4.52 Å². The van der Waals surface area contributed by atoms with Gasteiger partial charge in [0.1, 0.15) is 0 Å². The monoisotopic (exact) mass is 197 g/mol. The summed E-state index contributed by atoms with van der Waals surface area (Å²) in [7, 11) is 0. The first-order chi connectivity index (χ1) is 6.42. The predicted octanol–water partition coefficient (Wildman–Crippen LogP) is 2.22. The number of rotatable bonds is 3. The number of aromatic nitrogens is 2. The van der Waals surface area contributed by atoms with E-state index in [1.54, 1.807) is 0 Å². The molecule has 0 amide bonds. The van der Waals surface area contributed by atoms with Crippen molar-refractivity contribution in [2.24, 2.45) is 0 Å². The Kier molecular flexibility index (Phi) is 3.26. The van der Waals surface area contributed by atoms with E-state index in [1.165, 1.54) is 0 Å². The first-order valence-electron chi connectivity index (χ1n) is 5.00. The van der Waals surface area contributed by atoms with Gasteiger partial charge >= 0.3 is 0 Å². The second-order valence-electron chi connectivity index (χ2n) is 4.54. The molecule has 4 nitrogen and oxygen atoms in total.